The lowest BCUT2D eigenvalue weighted by Gasteiger charge is -2.29. The molecule has 0 bridgehead atoms. The summed E-state index contributed by atoms with van der Waals surface area (Å²) in [5, 5.41) is 32.1. The van der Waals surface area contributed by atoms with Crippen LogP contribution in [0.4, 0.5) is 0 Å². The Balaban J connectivity index is 0.00000450. The molecule has 0 radical (unpaired) electrons. The van der Waals surface area contributed by atoms with E-state index in [1.807, 2.05) is 123 Å². The van der Waals surface area contributed by atoms with Gasteiger partial charge >= 0.3 is 0 Å². The van der Waals surface area contributed by atoms with Gasteiger partial charge in [0.15, 0.2) is 0 Å². The van der Waals surface area contributed by atoms with Gasteiger partial charge in [-0.3, -0.25) is 0 Å². The quantitative estimate of drug-likeness (QED) is 0.0611. The minimum Gasteiger partial charge on any atom is -0.491 e. The lowest BCUT2D eigenvalue weighted by atomic mass is 9.78. The van der Waals surface area contributed by atoms with Crippen molar-refractivity contribution < 1.29 is 43.7 Å². The van der Waals surface area contributed by atoms with Crippen LogP contribution in [0.15, 0.2) is 145 Å². The molecular weight excluding hydrogens is 1420 g/mol. The Morgan fingerprint density at radius 3 is 0.729 bits per heavy atom. The molecule has 0 aliphatic rings. The van der Waals surface area contributed by atoms with Crippen molar-refractivity contribution >= 4 is 127 Å². The van der Waals surface area contributed by atoms with Gasteiger partial charge in [0.2, 0.25) is 0 Å². The van der Waals surface area contributed by atoms with E-state index in [1.54, 1.807) is 0 Å². The maximum Gasteiger partial charge on any atom is 0.147 e. The third-order valence-corrected chi connectivity index (χ3v) is 15.6. The Morgan fingerprint density at radius 1 is 0.343 bits per heavy atom. The smallest absolute Gasteiger partial charge is 0.147 e. The molecule has 6 rings (SSSR count). The molecule has 0 saturated heterocycles. The van der Waals surface area contributed by atoms with Crippen molar-refractivity contribution in [3.8, 4) is 34.5 Å². The van der Waals surface area contributed by atoms with E-state index in [2.05, 4.69) is 155 Å². The lowest BCUT2D eigenvalue weighted by Crippen LogP contribution is -2.26. The summed E-state index contributed by atoms with van der Waals surface area (Å²) in [6, 6.07) is 34.7. The molecule has 2 atom stereocenters. The predicted molar refractivity (Wildman–Crippen MR) is 307 cm³/mol. The average molecular weight is 1470 g/mol. The van der Waals surface area contributed by atoms with Crippen LogP contribution in [0.3, 0.4) is 0 Å². The second-order valence-electron chi connectivity index (χ2n) is 16.8. The number of hydrogen-bond acceptors (Lipinski definition) is 9. The Kier molecular flexibility index (Phi) is 23.0. The lowest BCUT2D eigenvalue weighted by molar-refractivity contribution is 0.0615. The topological polar surface area (TPSA) is 116 Å². The number of benzene rings is 6. The zero-order valence-corrected chi connectivity index (χ0v) is 51.9. The van der Waals surface area contributed by atoms with Crippen LogP contribution >= 0.6 is 127 Å². The number of ether oxygens (including phenoxy) is 6. The number of aliphatic hydroxyl groups is 3. The molecule has 0 heterocycles. The van der Waals surface area contributed by atoms with Crippen LogP contribution in [-0.2, 0) is 10.8 Å². The monoisotopic (exact) mass is 1470 g/mol. The summed E-state index contributed by atoms with van der Waals surface area (Å²) < 4.78 is 41.4. The SMILES string of the molecule is CC.CC(C)(c1cc(Br)c(OCC(O)COc2ccccc2)c(Br)c1)c1cc(Br)c(OCC(O)COc2c(Br)cc(C(C)(C)c3cc(Br)c(OCC(O)COc4ccccc4)c(Br)c3)cc2Br)c(Br)c1. The van der Waals surface area contributed by atoms with Gasteiger partial charge < -0.3 is 43.7 Å². The predicted octanol–water partition coefficient (Wildman–Crippen LogP) is 15.9. The van der Waals surface area contributed by atoms with Gasteiger partial charge in [-0.2, -0.15) is 0 Å². The summed E-state index contributed by atoms with van der Waals surface area (Å²) in [6.45, 7) is 12.7. The molecule has 6 aromatic rings. The summed E-state index contributed by atoms with van der Waals surface area (Å²) in [5.74, 6) is 3.60. The third-order valence-electron chi connectivity index (χ3n) is 10.9. The van der Waals surface area contributed by atoms with Gasteiger partial charge in [-0.25, -0.2) is 0 Å². The van der Waals surface area contributed by atoms with Gasteiger partial charge in [0.05, 0.1) is 35.8 Å². The summed E-state index contributed by atoms with van der Waals surface area (Å²) in [5.41, 5.74) is 3.08. The molecule has 6 aromatic carbocycles. The summed E-state index contributed by atoms with van der Waals surface area (Å²) in [6.07, 6.45) is -2.62. The van der Waals surface area contributed by atoms with Crippen molar-refractivity contribution in [2.75, 3.05) is 39.6 Å². The van der Waals surface area contributed by atoms with E-state index in [0.29, 0.717) is 52.4 Å². The fourth-order valence-corrected chi connectivity index (χ4v) is 12.5. The first-order valence-electron chi connectivity index (χ1n) is 22.1. The number of rotatable bonds is 22. The van der Waals surface area contributed by atoms with Gasteiger partial charge in [-0.1, -0.05) is 77.9 Å². The summed E-state index contributed by atoms with van der Waals surface area (Å²) >= 11 is 29.5. The minimum absolute atomic E-state index is 0.0292. The Morgan fingerprint density at radius 2 is 0.529 bits per heavy atom. The van der Waals surface area contributed by atoms with Crippen LogP contribution in [0.1, 0.15) is 63.8 Å². The van der Waals surface area contributed by atoms with E-state index < -0.39 is 29.1 Å². The summed E-state index contributed by atoms with van der Waals surface area (Å²) in [7, 11) is 0. The van der Waals surface area contributed by atoms with Gasteiger partial charge in [-0.05, 0) is 222 Å². The zero-order chi connectivity index (χ0) is 51.3. The Hall–Kier alpha value is -2.16. The highest BCUT2D eigenvalue weighted by atomic mass is 79.9. The van der Waals surface area contributed by atoms with Crippen LogP contribution in [0.5, 0.6) is 34.5 Å². The molecule has 0 amide bonds. The fourth-order valence-electron chi connectivity index (χ4n) is 6.85. The minimum atomic E-state index is -0.958. The highest BCUT2D eigenvalue weighted by molar-refractivity contribution is 9.12. The molecule has 376 valence electrons. The highest BCUT2D eigenvalue weighted by Crippen LogP contribution is 2.46. The van der Waals surface area contributed by atoms with Crippen LogP contribution in [-0.4, -0.2) is 73.3 Å². The molecule has 0 spiro atoms. The number of para-hydroxylation sites is 2. The third kappa shape index (κ3) is 15.9. The molecule has 3 N–H and O–H groups in total. The molecule has 9 nitrogen and oxygen atoms in total. The van der Waals surface area contributed by atoms with E-state index in [1.165, 1.54) is 0 Å². The van der Waals surface area contributed by atoms with Gasteiger partial charge in [0.1, 0.15) is 92.5 Å². The molecule has 0 fully saturated rings. The molecule has 70 heavy (non-hydrogen) atoms. The van der Waals surface area contributed by atoms with Crippen LogP contribution in [0.2, 0.25) is 0 Å². The van der Waals surface area contributed by atoms with E-state index in [9.17, 15) is 15.3 Å². The van der Waals surface area contributed by atoms with Crippen LogP contribution < -0.4 is 28.4 Å². The van der Waals surface area contributed by atoms with Crippen molar-refractivity contribution in [1.29, 1.82) is 0 Å². The van der Waals surface area contributed by atoms with E-state index in [-0.39, 0.29) is 39.6 Å². The standard InChI is InChI=1S/C51H48Br8O9.C2H6/c1-50(2,29-15-38(52)46(39(53)16-29)65-25-33(60)23-63-36-11-7-5-8-12-36)31-19-42(56)48(43(57)20-31)67-27-35(62)28-68-49-44(58)21-32(22-45(49)59)51(3,4)30-17-40(54)47(41(55)18-30)66-26-34(61)24-64-37-13-9-6-10-14-37;1-2/h5-22,33-35,60-62H,23-28H2,1-4H3;1-2H3. The average Bonchev–Trinajstić information content (AvgIpc) is 3.32. The molecule has 0 aromatic heterocycles. The van der Waals surface area contributed by atoms with E-state index in [0.717, 1.165) is 40.1 Å². The maximum atomic E-state index is 11.0. The van der Waals surface area contributed by atoms with Crippen molar-refractivity contribution in [3.63, 3.8) is 0 Å². The molecule has 0 saturated carbocycles. The summed E-state index contributed by atoms with van der Waals surface area (Å²) in [4.78, 5) is 0. The van der Waals surface area contributed by atoms with E-state index >= 15 is 0 Å². The second-order valence-corrected chi connectivity index (χ2v) is 23.6. The molecule has 17 heteroatoms. The molecule has 2 unspecified atom stereocenters. The van der Waals surface area contributed by atoms with Crippen molar-refractivity contribution in [2.45, 2.75) is 70.7 Å². The van der Waals surface area contributed by atoms with Gasteiger partial charge in [0, 0.05) is 10.8 Å². The van der Waals surface area contributed by atoms with Gasteiger partial charge in [-0.15, -0.1) is 0 Å². The second kappa shape index (κ2) is 27.4. The largest absolute Gasteiger partial charge is 0.491 e. The van der Waals surface area contributed by atoms with Gasteiger partial charge in [0.25, 0.3) is 0 Å². The van der Waals surface area contributed by atoms with Crippen LogP contribution in [0.25, 0.3) is 0 Å². The first-order chi connectivity index (χ1) is 33.2. The maximum absolute atomic E-state index is 11.0. The first-order valence-corrected chi connectivity index (χ1v) is 28.5. The van der Waals surface area contributed by atoms with Crippen molar-refractivity contribution in [2.24, 2.45) is 0 Å². The highest BCUT2D eigenvalue weighted by Gasteiger charge is 2.30. The Labute approximate surface area is 478 Å². The number of halogens is 8. The van der Waals surface area contributed by atoms with Crippen molar-refractivity contribution in [3.05, 3.63) is 167 Å². The first kappa shape index (κ1) is 58.7. The zero-order valence-electron chi connectivity index (χ0n) is 39.2. The Bertz CT molecular complexity index is 2380. The number of hydrogen-bond donors (Lipinski definition) is 3. The normalized spacial score (nSPS) is 12.8. The van der Waals surface area contributed by atoms with Crippen LogP contribution in [0, 0.1) is 0 Å². The van der Waals surface area contributed by atoms with E-state index in [4.69, 9.17) is 28.4 Å². The molecular formula is C53H54Br8O9. The number of aliphatic hydroxyl groups excluding tert-OH is 3. The fraction of sp³-hybridized carbons (Fsp3) is 0.321. The molecule has 0 aliphatic carbocycles. The molecule has 0 aliphatic heterocycles. The van der Waals surface area contributed by atoms with Crippen molar-refractivity contribution in [1.82, 2.24) is 0 Å².